The van der Waals surface area contributed by atoms with Crippen LogP contribution in [0.15, 0.2) is 30.9 Å². The fourth-order valence-electron chi connectivity index (χ4n) is 4.75. The van der Waals surface area contributed by atoms with E-state index in [1.807, 2.05) is 23.2 Å². The summed E-state index contributed by atoms with van der Waals surface area (Å²) in [7, 11) is 1.63. The molecule has 4 aromatic rings. The van der Waals surface area contributed by atoms with Gasteiger partial charge in [0.25, 0.3) is 0 Å². The minimum absolute atomic E-state index is 0.0138. The monoisotopic (exact) mass is 459 g/mol. The molecular weight excluding hydrogens is 438 g/mol. The number of nitrogens with one attached hydrogen (secondary N) is 1. The predicted octanol–water partition coefficient (Wildman–Crippen LogP) is 3.18. The number of likely N-dealkylation sites (tertiary alicyclic amines) is 1. The Morgan fingerprint density at radius 3 is 3.06 bits per heavy atom. The number of pyridine rings is 1. The second kappa shape index (κ2) is 7.71. The summed E-state index contributed by atoms with van der Waals surface area (Å²) in [5.41, 5.74) is 2.98. The van der Waals surface area contributed by atoms with E-state index >= 15 is 0 Å². The molecule has 0 radical (unpaired) electrons. The maximum absolute atomic E-state index is 12.9. The first-order valence-corrected chi connectivity index (χ1v) is 11.7. The van der Waals surface area contributed by atoms with Crippen molar-refractivity contribution in [2.75, 3.05) is 25.5 Å². The first kappa shape index (κ1) is 19.9. The van der Waals surface area contributed by atoms with Crippen molar-refractivity contribution in [3.8, 4) is 11.8 Å². The van der Waals surface area contributed by atoms with Crippen molar-refractivity contribution in [3.05, 3.63) is 41.3 Å². The van der Waals surface area contributed by atoms with Crippen LogP contribution in [0.25, 0.3) is 15.7 Å². The molecule has 0 spiro atoms. The van der Waals surface area contributed by atoms with E-state index in [4.69, 9.17) is 10.00 Å². The van der Waals surface area contributed by atoms with Crippen LogP contribution < -0.4 is 10.1 Å². The van der Waals surface area contributed by atoms with E-state index in [2.05, 4.69) is 26.5 Å². The summed E-state index contributed by atoms with van der Waals surface area (Å²) in [6, 6.07) is 6.15. The normalized spacial score (nSPS) is 18.1. The van der Waals surface area contributed by atoms with Crippen LogP contribution in [0.1, 0.15) is 16.9 Å². The number of carbonyl (C=O) groups is 1. The summed E-state index contributed by atoms with van der Waals surface area (Å²) in [6.45, 7) is 1.13. The first-order valence-electron chi connectivity index (χ1n) is 10.9. The standard InChI is InChI=1S/C23H21N7O2S/c1-32-18-11-30-15(4-5-27-30)7-17(18)28-21-20-16-3-2-14(23(31)29-9-13(8-24)10-29)6-19(16)33-22(20)26-12-25-21/h4-5,7,11-14H,2-3,6,9-10H2,1H3,(H,25,26,28)/t14-/m0/s1. The SMILES string of the molecule is COc1cn2nccc2cc1Nc1ncnc2sc3c(c12)CC[C@H](C(=O)N1CC(C#N)C1)C3. The first-order chi connectivity index (χ1) is 16.1. The lowest BCUT2D eigenvalue weighted by Gasteiger charge is -2.38. The molecule has 1 atom stereocenters. The zero-order valence-corrected chi connectivity index (χ0v) is 18.8. The van der Waals surface area contributed by atoms with Crippen molar-refractivity contribution in [1.82, 2.24) is 24.5 Å². The molecule has 0 unspecified atom stereocenters. The third-order valence-corrected chi connectivity index (χ3v) is 7.70. The van der Waals surface area contributed by atoms with Crippen LogP contribution in [-0.4, -0.2) is 50.6 Å². The Morgan fingerprint density at radius 1 is 1.36 bits per heavy atom. The summed E-state index contributed by atoms with van der Waals surface area (Å²) in [5.74, 6) is 1.54. The Labute approximate surface area is 193 Å². The Bertz CT molecular complexity index is 1430. The highest BCUT2D eigenvalue weighted by molar-refractivity contribution is 7.19. The van der Waals surface area contributed by atoms with E-state index in [0.717, 1.165) is 40.1 Å². The van der Waals surface area contributed by atoms with Crippen molar-refractivity contribution < 1.29 is 9.53 Å². The highest BCUT2D eigenvalue weighted by atomic mass is 32.1. The molecule has 9 nitrogen and oxygen atoms in total. The number of aryl methyl sites for hydroxylation is 1. The van der Waals surface area contributed by atoms with Gasteiger partial charge in [0.15, 0.2) is 5.75 Å². The largest absolute Gasteiger partial charge is 0.493 e. The number of hydrogen-bond acceptors (Lipinski definition) is 8. The van der Waals surface area contributed by atoms with Gasteiger partial charge in [-0.3, -0.25) is 4.79 Å². The molecule has 6 rings (SSSR count). The zero-order valence-electron chi connectivity index (χ0n) is 18.0. The number of nitrogens with zero attached hydrogens (tertiary/aromatic N) is 6. The number of amides is 1. The quantitative estimate of drug-likeness (QED) is 0.499. The van der Waals surface area contributed by atoms with E-state index in [0.29, 0.717) is 25.3 Å². The molecule has 1 aliphatic carbocycles. The van der Waals surface area contributed by atoms with Crippen LogP contribution in [0, 0.1) is 23.2 Å². The molecule has 1 saturated heterocycles. The third kappa shape index (κ3) is 3.27. The van der Waals surface area contributed by atoms with Crippen molar-refractivity contribution in [3.63, 3.8) is 0 Å². The number of rotatable bonds is 4. The van der Waals surface area contributed by atoms with Gasteiger partial charge >= 0.3 is 0 Å². The van der Waals surface area contributed by atoms with Gasteiger partial charge in [-0.15, -0.1) is 11.3 Å². The average Bonchev–Trinajstić information content (AvgIpc) is 3.41. The molecule has 1 amide bonds. The molecule has 5 heterocycles. The molecule has 0 saturated carbocycles. The van der Waals surface area contributed by atoms with Gasteiger partial charge in [-0.05, 0) is 37.0 Å². The van der Waals surface area contributed by atoms with Crippen molar-refractivity contribution in [2.45, 2.75) is 19.3 Å². The summed E-state index contributed by atoms with van der Waals surface area (Å²) >= 11 is 1.64. The molecule has 0 aromatic carbocycles. The number of aromatic nitrogens is 4. The molecule has 166 valence electrons. The predicted molar refractivity (Wildman–Crippen MR) is 124 cm³/mol. The van der Waals surface area contributed by atoms with Crippen LogP contribution >= 0.6 is 11.3 Å². The maximum atomic E-state index is 12.9. The number of anilines is 2. The summed E-state index contributed by atoms with van der Waals surface area (Å²) in [4.78, 5) is 25.9. The second-order valence-electron chi connectivity index (χ2n) is 8.50. The Morgan fingerprint density at radius 2 is 2.24 bits per heavy atom. The van der Waals surface area contributed by atoms with Crippen LogP contribution in [-0.2, 0) is 17.6 Å². The van der Waals surface area contributed by atoms with Crippen LogP contribution in [0.5, 0.6) is 5.75 Å². The maximum Gasteiger partial charge on any atom is 0.226 e. The van der Waals surface area contributed by atoms with Gasteiger partial charge in [-0.2, -0.15) is 10.4 Å². The lowest BCUT2D eigenvalue weighted by molar-refractivity contribution is -0.141. The molecule has 1 fully saturated rings. The van der Waals surface area contributed by atoms with Gasteiger partial charge in [-0.1, -0.05) is 0 Å². The average molecular weight is 460 g/mol. The number of nitriles is 1. The van der Waals surface area contributed by atoms with Crippen LogP contribution in [0.2, 0.25) is 0 Å². The minimum atomic E-state index is -0.0288. The van der Waals surface area contributed by atoms with Crippen LogP contribution in [0.4, 0.5) is 11.5 Å². The van der Waals surface area contributed by atoms with Crippen molar-refractivity contribution >= 4 is 44.5 Å². The molecular formula is C23H21N7O2S. The number of fused-ring (bicyclic) bond motifs is 4. The van der Waals surface area contributed by atoms with Crippen molar-refractivity contribution in [1.29, 1.82) is 5.26 Å². The van der Waals surface area contributed by atoms with Gasteiger partial charge in [0, 0.05) is 30.1 Å². The highest BCUT2D eigenvalue weighted by Gasteiger charge is 2.37. The lowest BCUT2D eigenvalue weighted by Crippen LogP contribution is -2.52. The highest BCUT2D eigenvalue weighted by Crippen LogP contribution is 2.42. The number of ether oxygens (including phenoxy) is 1. The Balaban J connectivity index is 1.31. The van der Waals surface area contributed by atoms with Gasteiger partial charge in [0.1, 0.15) is 17.0 Å². The smallest absolute Gasteiger partial charge is 0.226 e. The molecule has 0 bridgehead atoms. The topological polar surface area (TPSA) is 108 Å². The Kier molecular flexibility index (Phi) is 4.66. The molecule has 10 heteroatoms. The number of carbonyl (C=O) groups excluding carboxylic acids is 1. The zero-order chi connectivity index (χ0) is 22.5. The van der Waals surface area contributed by atoms with Gasteiger partial charge < -0.3 is 15.0 Å². The lowest BCUT2D eigenvalue weighted by atomic mass is 9.85. The molecule has 1 N–H and O–H groups in total. The molecule has 4 aromatic heterocycles. The minimum Gasteiger partial charge on any atom is -0.493 e. The third-order valence-electron chi connectivity index (χ3n) is 6.54. The number of methoxy groups -OCH3 is 1. The molecule has 33 heavy (non-hydrogen) atoms. The van der Waals surface area contributed by atoms with E-state index in [1.165, 1.54) is 10.4 Å². The second-order valence-corrected chi connectivity index (χ2v) is 9.58. The summed E-state index contributed by atoms with van der Waals surface area (Å²) in [6.07, 6.45) is 7.47. The fraction of sp³-hybridized carbons (Fsp3) is 0.348. The summed E-state index contributed by atoms with van der Waals surface area (Å²) < 4.78 is 7.33. The van der Waals surface area contributed by atoms with Crippen molar-refractivity contribution in [2.24, 2.45) is 11.8 Å². The molecule has 2 aliphatic rings. The van der Waals surface area contributed by atoms with Crippen LogP contribution in [0.3, 0.4) is 0 Å². The Hall–Kier alpha value is -3.71. The van der Waals surface area contributed by atoms with E-state index in [-0.39, 0.29) is 17.7 Å². The number of hydrogen-bond donors (Lipinski definition) is 1. The van der Waals surface area contributed by atoms with Gasteiger partial charge in [0.2, 0.25) is 5.91 Å². The van der Waals surface area contributed by atoms with Gasteiger partial charge in [-0.25, -0.2) is 14.5 Å². The van der Waals surface area contributed by atoms with Gasteiger partial charge in [0.05, 0.1) is 41.9 Å². The molecule has 1 aliphatic heterocycles. The van der Waals surface area contributed by atoms with E-state index in [1.54, 1.807) is 35.5 Å². The summed E-state index contributed by atoms with van der Waals surface area (Å²) in [5, 5.41) is 17.7. The van der Waals surface area contributed by atoms with E-state index < -0.39 is 0 Å². The fourth-order valence-corrected chi connectivity index (χ4v) is 6.02. The number of thiophene rings is 1. The van der Waals surface area contributed by atoms with E-state index in [9.17, 15) is 4.79 Å².